The van der Waals surface area contributed by atoms with Gasteiger partial charge in [0.2, 0.25) is 17.7 Å². The molecular weight excluding hydrogens is 439 g/mol. The van der Waals surface area contributed by atoms with Crippen molar-refractivity contribution in [3.05, 3.63) is 53.9 Å². The summed E-state index contributed by atoms with van der Waals surface area (Å²) in [5, 5.41) is 4.08. The predicted molar refractivity (Wildman–Crippen MR) is 119 cm³/mol. The van der Waals surface area contributed by atoms with Gasteiger partial charge in [-0.2, -0.15) is 18.2 Å². The number of anilines is 1. The van der Waals surface area contributed by atoms with Gasteiger partial charge in [0.15, 0.2) is 0 Å². The van der Waals surface area contributed by atoms with E-state index in [1.165, 1.54) is 23.9 Å². The monoisotopic (exact) mass is 461 g/mol. The zero-order chi connectivity index (χ0) is 23.0. The van der Waals surface area contributed by atoms with E-state index in [2.05, 4.69) is 28.6 Å². The molecule has 0 radical (unpaired) electrons. The molecule has 0 N–H and O–H groups in total. The summed E-state index contributed by atoms with van der Waals surface area (Å²) in [6.45, 7) is 4.21. The Morgan fingerprint density at radius 1 is 1.06 bits per heavy atom. The summed E-state index contributed by atoms with van der Waals surface area (Å²) in [6.07, 6.45) is -4.34. The van der Waals surface area contributed by atoms with Crippen molar-refractivity contribution in [2.75, 3.05) is 19.0 Å². The van der Waals surface area contributed by atoms with Gasteiger partial charge in [-0.1, -0.05) is 5.16 Å². The molecule has 2 aromatic carbocycles. The fourth-order valence-corrected chi connectivity index (χ4v) is 4.10. The van der Waals surface area contributed by atoms with Crippen LogP contribution < -0.4 is 4.90 Å². The summed E-state index contributed by atoms with van der Waals surface area (Å²) in [5.41, 5.74) is 1.99. The Morgan fingerprint density at radius 2 is 1.78 bits per heavy atom. The maximum atomic E-state index is 12.7. The average molecular weight is 462 g/mol. The van der Waals surface area contributed by atoms with E-state index < -0.39 is 11.7 Å². The average Bonchev–Trinajstić information content (AvgIpc) is 3.36. The van der Waals surface area contributed by atoms with Crippen LogP contribution in [0.25, 0.3) is 22.4 Å². The molecular formula is C22H22F3N5OS. The second kappa shape index (κ2) is 8.50. The van der Waals surface area contributed by atoms with E-state index in [1.54, 1.807) is 0 Å². The van der Waals surface area contributed by atoms with Gasteiger partial charge >= 0.3 is 6.18 Å². The van der Waals surface area contributed by atoms with Crippen molar-refractivity contribution in [1.29, 1.82) is 0 Å². The molecule has 2 aromatic heterocycles. The molecule has 0 amide bonds. The van der Waals surface area contributed by atoms with E-state index in [0.29, 0.717) is 22.4 Å². The highest BCUT2D eigenvalue weighted by molar-refractivity contribution is 7.98. The Labute approximate surface area is 187 Å². The highest BCUT2D eigenvalue weighted by Crippen LogP contribution is 2.32. The minimum Gasteiger partial charge on any atom is -0.348 e. The van der Waals surface area contributed by atoms with Crippen molar-refractivity contribution in [3.63, 3.8) is 0 Å². The van der Waals surface area contributed by atoms with Crippen LogP contribution >= 0.6 is 11.8 Å². The van der Waals surface area contributed by atoms with Gasteiger partial charge in [0.05, 0.1) is 22.3 Å². The van der Waals surface area contributed by atoms with E-state index in [9.17, 15) is 13.2 Å². The largest absolute Gasteiger partial charge is 0.416 e. The molecule has 0 bridgehead atoms. The fraction of sp³-hybridized carbons (Fsp3) is 0.318. The number of nitrogens with zero attached hydrogens (tertiary/aromatic N) is 5. The molecule has 0 aliphatic heterocycles. The number of benzene rings is 2. The van der Waals surface area contributed by atoms with E-state index in [-0.39, 0.29) is 6.04 Å². The molecule has 0 atom stereocenters. The first-order chi connectivity index (χ1) is 15.1. The third-order valence-corrected chi connectivity index (χ3v) is 5.85. The molecule has 0 aliphatic carbocycles. The van der Waals surface area contributed by atoms with Crippen LogP contribution in [0, 0.1) is 0 Å². The number of alkyl halides is 3. The molecule has 168 valence electrons. The number of halogens is 3. The highest BCUT2D eigenvalue weighted by atomic mass is 32.2. The molecule has 4 rings (SSSR count). The lowest BCUT2D eigenvalue weighted by molar-refractivity contribution is -0.137. The van der Waals surface area contributed by atoms with Crippen LogP contribution in [0.5, 0.6) is 0 Å². The number of fused-ring (bicyclic) bond motifs is 1. The molecule has 6 nitrogen and oxygen atoms in total. The molecule has 0 unspecified atom stereocenters. The van der Waals surface area contributed by atoms with E-state index in [0.717, 1.165) is 34.7 Å². The van der Waals surface area contributed by atoms with Crippen LogP contribution in [0.1, 0.15) is 31.3 Å². The first-order valence-corrected chi connectivity index (χ1v) is 10.9. The predicted octanol–water partition coefficient (Wildman–Crippen LogP) is 6.04. The topological polar surface area (TPSA) is 60.0 Å². The van der Waals surface area contributed by atoms with Crippen molar-refractivity contribution < 1.29 is 17.7 Å². The summed E-state index contributed by atoms with van der Waals surface area (Å²) < 4.78 is 45.6. The van der Waals surface area contributed by atoms with Gasteiger partial charge in [0, 0.05) is 30.6 Å². The first kappa shape index (κ1) is 22.2. The molecule has 32 heavy (non-hydrogen) atoms. The zero-order valence-corrected chi connectivity index (χ0v) is 18.8. The number of aromatic nitrogens is 4. The van der Waals surface area contributed by atoms with Crippen LogP contribution in [0.4, 0.5) is 19.1 Å². The number of hydrogen-bond donors (Lipinski definition) is 0. The Hall–Kier alpha value is -3.01. The molecule has 10 heteroatoms. The summed E-state index contributed by atoms with van der Waals surface area (Å²) in [5.74, 6) is 2.08. The SMILES string of the molecule is CC(C)n1c(N(C)C)nc2ccc(-c3noc(CSc4ccc(C(F)(F)F)cc4)n3)cc21. The van der Waals surface area contributed by atoms with Gasteiger partial charge < -0.3 is 14.0 Å². The second-order valence-corrected chi connectivity index (χ2v) is 8.84. The molecule has 0 fully saturated rings. The Morgan fingerprint density at radius 3 is 2.41 bits per heavy atom. The van der Waals surface area contributed by atoms with Gasteiger partial charge in [-0.25, -0.2) is 4.98 Å². The summed E-state index contributed by atoms with van der Waals surface area (Å²) in [7, 11) is 3.92. The quantitative estimate of drug-likeness (QED) is 0.326. The smallest absolute Gasteiger partial charge is 0.348 e. The lowest BCUT2D eigenvalue weighted by Crippen LogP contribution is -2.16. The highest BCUT2D eigenvalue weighted by Gasteiger charge is 2.30. The molecule has 0 saturated heterocycles. The van der Waals surface area contributed by atoms with Crippen molar-refractivity contribution in [2.45, 2.75) is 36.7 Å². The third-order valence-electron chi connectivity index (χ3n) is 4.86. The van der Waals surface area contributed by atoms with Crippen molar-refractivity contribution in [3.8, 4) is 11.4 Å². The number of hydrogen-bond acceptors (Lipinski definition) is 6. The van der Waals surface area contributed by atoms with Crippen molar-refractivity contribution >= 4 is 28.7 Å². The number of imidazole rings is 1. The Bertz CT molecular complexity index is 1230. The minimum atomic E-state index is -4.34. The fourth-order valence-electron chi connectivity index (χ4n) is 3.36. The van der Waals surface area contributed by atoms with Crippen LogP contribution in [0.2, 0.25) is 0 Å². The van der Waals surface area contributed by atoms with Crippen LogP contribution in [-0.4, -0.2) is 33.8 Å². The second-order valence-electron chi connectivity index (χ2n) is 7.80. The lowest BCUT2D eigenvalue weighted by atomic mass is 10.2. The Kier molecular flexibility index (Phi) is 5.89. The number of thioether (sulfide) groups is 1. The number of rotatable bonds is 6. The first-order valence-electron chi connectivity index (χ1n) is 9.96. The maximum absolute atomic E-state index is 12.7. The van der Waals surface area contributed by atoms with Crippen molar-refractivity contribution in [2.24, 2.45) is 0 Å². The summed E-state index contributed by atoms with van der Waals surface area (Å²) >= 11 is 1.33. The van der Waals surface area contributed by atoms with Gasteiger partial charge in [-0.3, -0.25) is 0 Å². The normalized spacial score (nSPS) is 12.1. The molecule has 4 aromatic rings. The van der Waals surface area contributed by atoms with E-state index in [4.69, 9.17) is 9.51 Å². The molecule has 2 heterocycles. The van der Waals surface area contributed by atoms with Crippen LogP contribution in [0.15, 0.2) is 51.9 Å². The van der Waals surface area contributed by atoms with E-state index >= 15 is 0 Å². The zero-order valence-electron chi connectivity index (χ0n) is 18.0. The van der Waals surface area contributed by atoms with Gasteiger partial charge in [-0.15, -0.1) is 11.8 Å². The van der Waals surface area contributed by atoms with Crippen molar-refractivity contribution in [1.82, 2.24) is 19.7 Å². The summed E-state index contributed by atoms with van der Waals surface area (Å²) in [4.78, 5) is 11.8. The van der Waals surface area contributed by atoms with Gasteiger partial charge in [0.1, 0.15) is 0 Å². The van der Waals surface area contributed by atoms with Crippen LogP contribution in [-0.2, 0) is 11.9 Å². The Balaban J connectivity index is 1.53. The molecule has 0 aliphatic rings. The minimum absolute atomic E-state index is 0.216. The molecule has 0 saturated carbocycles. The maximum Gasteiger partial charge on any atom is 0.416 e. The van der Waals surface area contributed by atoms with Gasteiger partial charge in [0.25, 0.3) is 0 Å². The standard InChI is InChI=1S/C22H22F3N5OS/c1-13(2)30-18-11-14(5-10-17(18)26-21(30)29(3)4)20-27-19(31-28-20)12-32-16-8-6-15(7-9-16)22(23,24)25/h5-11,13H,12H2,1-4H3. The lowest BCUT2D eigenvalue weighted by Gasteiger charge is -2.17. The van der Waals surface area contributed by atoms with Gasteiger partial charge in [-0.05, 0) is 56.3 Å². The van der Waals surface area contributed by atoms with Crippen LogP contribution in [0.3, 0.4) is 0 Å². The molecule has 0 spiro atoms. The third kappa shape index (κ3) is 4.45. The summed E-state index contributed by atoms with van der Waals surface area (Å²) in [6, 6.07) is 11.1. The van der Waals surface area contributed by atoms with E-state index in [1.807, 2.05) is 37.2 Å².